The van der Waals surface area contributed by atoms with E-state index >= 15 is 0 Å². The molecule has 1 fully saturated rings. The predicted octanol–water partition coefficient (Wildman–Crippen LogP) is 2.12. The van der Waals surface area contributed by atoms with Crippen LogP contribution in [0.1, 0.15) is 36.3 Å². The van der Waals surface area contributed by atoms with Gasteiger partial charge in [-0.3, -0.25) is 9.59 Å². The third-order valence-electron chi connectivity index (χ3n) is 7.27. The van der Waals surface area contributed by atoms with Gasteiger partial charge in [-0.25, -0.2) is 4.79 Å². The molecule has 1 aliphatic carbocycles. The van der Waals surface area contributed by atoms with E-state index in [2.05, 4.69) is 4.74 Å². The second-order valence-electron chi connectivity index (χ2n) is 9.38. The molecular formula is C28H31NO9. The molecule has 2 aromatic rings. The molecule has 1 aliphatic heterocycles. The van der Waals surface area contributed by atoms with Crippen molar-refractivity contribution >= 4 is 29.6 Å². The van der Waals surface area contributed by atoms with Crippen molar-refractivity contribution in [3.05, 3.63) is 70.7 Å². The Morgan fingerprint density at radius 3 is 2.45 bits per heavy atom. The molecular weight excluding hydrogens is 494 g/mol. The largest absolute Gasteiger partial charge is 0.459 e. The van der Waals surface area contributed by atoms with Gasteiger partial charge in [-0.05, 0) is 59.8 Å². The monoisotopic (exact) mass is 525 g/mol. The molecule has 4 rings (SSSR count). The Hall–Kier alpha value is -3.57. The molecule has 3 amide bonds. The van der Waals surface area contributed by atoms with Gasteiger partial charge < -0.3 is 29.6 Å². The van der Waals surface area contributed by atoms with E-state index in [1.807, 2.05) is 36.4 Å². The average Bonchev–Trinajstić information content (AvgIpc) is 3.51. The number of carbonyl (C=O) groups excluding carboxylic acids is 3. The Morgan fingerprint density at radius 1 is 1.11 bits per heavy atom. The summed E-state index contributed by atoms with van der Waals surface area (Å²) < 4.78 is 10.2. The van der Waals surface area contributed by atoms with Gasteiger partial charge in [-0.15, -0.1) is 0 Å². The van der Waals surface area contributed by atoms with Crippen LogP contribution < -0.4 is 0 Å². The van der Waals surface area contributed by atoms with Crippen molar-refractivity contribution in [1.29, 1.82) is 0 Å². The number of aliphatic hydroxyl groups is 4. The molecule has 1 aromatic heterocycles. The zero-order valence-corrected chi connectivity index (χ0v) is 20.9. The SMILES string of the molecule is COC(=O)N1C(=O)[C@@H]2[C@@H](CC(CO)=C([C@H](O)CC/C(=C/c3ccc(CO)o3)c3ccccc3)[C@@H]2CO)C1=O. The maximum Gasteiger partial charge on any atom is 0.423 e. The van der Waals surface area contributed by atoms with Crippen LogP contribution in [0.2, 0.25) is 0 Å². The minimum atomic E-state index is -1.14. The summed E-state index contributed by atoms with van der Waals surface area (Å²) in [6.45, 7) is -1.25. The summed E-state index contributed by atoms with van der Waals surface area (Å²) in [6.07, 6.45) is 0.122. The molecule has 0 spiro atoms. The smallest absolute Gasteiger partial charge is 0.423 e. The number of rotatable bonds is 9. The van der Waals surface area contributed by atoms with E-state index in [4.69, 9.17) is 4.42 Å². The molecule has 2 heterocycles. The van der Waals surface area contributed by atoms with Crippen molar-refractivity contribution in [2.75, 3.05) is 20.3 Å². The first kappa shape index (κ1) is 27.5. The number of imide groups is 3. The van der Waals surface area contributed by atoms with Gasteiger partial charge in [-0.2, -0.15) is 4.90 Å². The fourth-order valence-corrected chi connectivity index (χ4v) is 5.51. The number of likely N-dealkylation sites (tertiary alicyclic amines) is 1. The number of amides is 3. The van der Waals surface area contributed by atoms with Crippen LogP contribution in [0, 0.1) is 17.8 Å². The molecule has 4 N–H and O–H groups in total. The van der Waals surface area contributed by atoms with Crippen LogP contribution >= 0.6 is 0 Å². The summed E-state index contributed by atoms with van der Waals surface area (Å²) >= 11 is 0. The normalized spacial score (nSPS) is 22.6. The fourth-order valence-electron chi connectivity index (χ4n) is 5.51. The number of methoxy groups -OCH3 is 1. The highest BCUT2D eigenvalue weighted by Crippen LogP contribution is 2.46. The van der Waals surface area contributed by atoms with Gasteiger partial charge in [0, 0.05) is 5.92 Å². The average molecular weight is 526 g/mol. The van der Waals surface area contributed by atoms with Gasteiger partial charge in [-0.1, -0.05) is 30.3 Å². The molecule has 1 saturated heterocycles. The first-order chi connectivity index (χ1) is 18.3. The molecule has 1 aromatic carbocycles. The standard InChI is InChI=1S/C28H31NO9/c1-37-28(36)29-26(34)21-12-18(13-30)24(22(15-32)25(21)27(29)35)23(33)10-7-17(16-5-3-2-4-6-16)11-19-8-9-20(14-31)38-19/h2-6,8-9,11,21-23,25,30-33H,7,10,12-15H2,1H3/b17-11-/t21-,22+,23-,25-/m1/s1. The molecule has 0 bridgehead atoms. The highest BCUT2D eigenvalue weighted by Gasteiger charge is 2.57. The maximum absolute atomic E-state index is 13.1. The summed E-state index contributed by atoms with van der Waals surface area (Å²) in [5.74, 6) is -3.50. The second-order valence-corrected chi connectivity index (χ2v) is 9.38. The van der Waals surface area contributed by atoms with Crippen LogP contribution in [0.15, 0.2) is 58.0 Å². The lowest BCUT2D eigenvalue weighted by atomic mass is 9.68. The highest BCUT2D eigenvalue weighted by atomic mass is 16.5. The first-order valence-corrected chi connectivity index (χ1v) is 12.4. The number of furan rings is 1. The Labute approximate surface area is 219 Å². The second kappa shape index (κ2) is 11.9. The number of ether oxygens (including phenoxy) is 1. The third kappa shape index (κ3) is 5.21. The van der Waals surface area contributed by atoms with Crippen molar-refractivity contribution in [2.24, 2.45) is 17.8 Å². The lowest BCUT2D eigenvalue weighted by molar-refractivity contribution is -0.137. The summed E-state index contributed by atoms with van der Waals surface area (Å²) in [7, 11) is 1.06. The molecule has 202 valence electrons. The van der Waals surface area contributed by atoms with E-state index in [1.54, 1.807) is 12.1 Å². The lowest BCUT2D eigenvalue weighted by Crippen LogP contribution is -2.40. The lowest BCUT2D eigenvalue weighted by Gasteiger charge is -2.36. The Balaban J connectivity index is 1.61. The molecule has 0 saturated carbocycles. The Morgan fingerprint density at radius 2 is 1.84 bits per heavy atom. The highest BCUT2D eigenvalue weighted by molar-refractivity contribution is 6.16. The van der Waals surface area contributed by atoms with Crippen LogP contribution in [-0.2, 0) is 20.9 Å². The summed E-state index contributed by atoms with van der Waals surface area (Å²) in [5, 5.41) is 41.0. The molecule has 10 heteroatoms. The van der Waals surface area contributed by atoms with Gasteiger partial charge in [0.15, 0.2) is 0 Å². The Bertz CT molecular complexity index is 1250. The van der Waals surface area contributed by atoms with Gasteiger partial charge in [0.05, 0.1) is 38.3 Å². The van der Waals surface area contributed by atoms with Crippen molar-refractivity contribution in [3.8, 4) is 0 Å². The van der Waals surface area contributed by atoms with Crippen molar-refractivity contribution in [1.82, 2.24) is 4.90 Å². The van der Waals surface area contributed by atoms with Gasteiger partial charge in [0.1, 0.15) is 18.1 Å². The van der Waals surface area contributed by atoms with Gasteiger partial charge in [0.25, 0.3) is 0 Å². The molecule has 4 atom stereocenters. The van der Waals surface area contributed by atoms with Gasteiger partial charge in [0.2, 0.25) is 11.8 Å². The van der Waals surface area contributed by atoms with E-state index in [0.717, 1.165) is 18.2 Å². The van der Waals surface area contributed by atoms with Crippen molar-refractivity contribution in [3.63, 3.8) is 0 Å². The molecule has 38 heavy (non-hydrogen) atoms. The predicted molar refractivity (Wildman–Crippen MR) is 135 cm³/mol. The number of carbonyl (C=O) groups is 3. The topological polar surface area (TPSA) is 158 Å². The molecule has 2 aliphatic rings. The number of fused-ring (bicyclic) bond motifs is 1. The van der Waals surface area contributed by atoms with Crippen LogP contribution in [0.25, 0.3) is 11.6 Å². The summed E-state index contributed by atoms with van der Waals surface area (Å²) in [6, 6.07) is 12.9. The number of aliphatic hydroxyl groups excluding tert-OH is 4. The quantitative estimate of drug-likeness (QED) is 0.284. The van der Waals surface area contributed by atoms with E-state index in [0.29, 0.717) is 34.0 Å². The number of nitrogens with zero attached hydrogens (tertiary/aromatic N) is 1. The minimum Gasteiger partial charge on any atom is -0.459 e. The van der Waals surface area contributed by atoms with Crippen molar-refractivity contribution < 1.29 is 44.0 Å². The Kier molecular flexibility index (Phi) is 8.58. The fraction of sp³-hybridized carbons (Fsp3) is 0.393. The number of hydrogen-bond donors (Lipinski definition) is 4. The van der Waals surface area contributed by atoms with E-state index in [-0.39, 0.29) is 19.4 Å². The zero-order chi connectivity index (χ0) is 27.4. The zero-order valence-electron chi connectivity index (χ0n) is 20.9. The number of allylic oxidation sites excluding steroid dienone is 1. The molecule has 0 unspecified atom stereocenters. The van der Waals surface area contributed by atoms with E-state index < -0.39 is 55.0 Å². The summed E-state index contributed by atoms with van der Waals surface area (Å²) in [5.41, 5.74) is 2.42. The van der Waals surface area contributed by atoms with E-state index in [1.165, 1.54) is 0 Å². The van der Waals surface area contributed by atoms with Crippen LogP contribution in [0.4, 0.5) is 4.79 Å². The first-order valence-electron chi connectivity index (χ1n) is 12.4. The van der Waals surface area contributed by atoms with Gasteiger partial charge >= 0.3 is 6.09 Å². The molecule has 10 nitrogen and oxygen atoms in total. The molecule has 0 radical (unpaired) electrons. The van der Waals surface area contributed by atoms with Crippen molar-refractivity contribution in [2.45, 2.75) is 32.0 Å². The summed E-state index contributed by atoms with van der Waals surface area (Å²) in [4.78, 5) is 38.4. The van der Waals surface area contributed by atoms with Crippen LogP contribution in [0.5, 0.6) is 0 Å². The van der Waals surface area contributed by atoms with E-state index in [9.17, 15) is 34.8 Å². The third-order valence-corrected chi connectivity index (χ3v) is 7.27. The number of hydrogen-bond acceptors (Lipinski definition) is 9. The number of benzene rings is 1. The maximum atomic E-state index is 13.1. The van der Waals surface area contributed by atoms with Crippen LogP contribution in [0.3, 0.4) is 0 Å². The van der Waals surface area contributed by atoms with Crippen LogP contribution in [-0.4, -0.2) is 69.7 Å². The minimum absolute atomic E-state index is 0.0140.